The Morgan fingerprint density at radius 3 is 2.57 bits per heavy atom. The van der Waals surface area contributed by atoms with Gasteiger partial charge < -0.3 is 34.1 Å². The monoisotopic (exact) mass is 706 g/mol. The van der Waals surface area contributed by atoms with Crippen molar-refractivity contribution >= 4 is 33.4 Å². The Morgan fingerprint density at radius 2 is 1.90 bits per heavy atom. The van der Waals surface area contributed by atoms with E-state index < -0.39 is 68.6 Å². The van der Waals surface area contributed by atoms with Gasteiger partial charge in [-0.1, -0.05) is 52.8 Å². The molecule has 3 aliphatic heterocycles. The number of amides is 2. The number of carbonyl (C=O) groups excluding carboxylic acids is 4. The molecule has 2 saturated heterocycles. The van der Waals surface area contributed by atoms with Crippen LogP contribution in [0.1, 0.15) is 70.8 Å². The normalized spacial score (nSPS) is 32.0. The van der Waals surface area contributed by atoms with Crippen molar-refractivity contribution in [2.45, 2.75) is 96.0 Å². The van der Waals surface area contributed by atoms with Crippen LogP contribution in [0, 0.1) is 11.8 Å². The Morgan fingerprint density at radius 1 is 1.18 bits per heavy atom. The Bertz CT molecular complexity index is 1530. The van der Waals surface area contributed by atoms with E-state index in [1.54, 1.807) is 32.1 Å². The number of sulfone groups is 1. The van der Waals surface area contributed by atoms with Crippen molar-refractivity contribution in [2.24, 2.45) is 11.8 Å². The molecule has 0 radical (unpaired) electrons. The minimum absolute atomic E-state index is 0.0196. The van der Waals surface area contributed by atoms with E-state index in [-0.39, 0.29) is 68.1 Å². The highest BCUT2D eigenvalue weighted by molar-refractivity contribution is 7.92. The summed E-state index contributed by atoms with van der Waals surface area (Å²) in [6.45, 7) is 12.8. The van der Waals surface area contributed by atoms with Gasteiger partial charge in [-0.05, 0) is 38.4 Å². The highest BCUT2D eigenvalue weighted by Gasteiger charge is 2.54. The van der Waals surface area contributed by atoms with E-state index in [0.717, 1.165) is 11.2 Å². The summed E-state index contributed by atoms with van der Waals surface area (Å²) >= 11 is 0. The lowest BCUT2D eigenvalue weighted by Crippen LogP contribution is -2.50. The van der Waals surface area contributed by atoms with Crippen LogP contribution in [0.5, 0.6) is 0 Å². The Balaban J connectivity index is 1.66. The molecule has 0 saturated carbocycles. The van der Waals surface area contributed by atoms with E-state index in [1.165, 1.54) is 6.08 Å². The minimum Gasteiger partial charge on any atom is -0.460 e. The van der Waals surface area contributed by atoms with Crippen molar-refractivity contribution in [2.75, 3.05) is 38.5 Å². The van der Waals surface area contributed by atoms with Crippen LogP contribution in [0.2, 0.25) is 0 Å². The number of ketones is 1. The molecule has 4 rings (SSSR count). The van der Waals surface area contributed by atoms with Gasteiger partial charge in [0.15, 0.2) is 15.5 Å². The standard InChI is InChI=1S/C34H50N4O10S/c1-7-37(8-2)16-17-49(44,45)26-12-15-38-29(26)33(43)47-30(21(3)4)22(5)10-11-27(41)35-14-9-13-34(6)31(48-34)25(40)18-23(39)19-28-36-24(20-46-28)32(38)42/h9-11,13,20-22,25-26,29-31,40H,7-8,12,14-19H2,1-6H3,(H,35,41)/b11-10+,13-9+/t22-,25+,26-,29-,30-,31?,34?/m1/s1. The van der Waals surface area contributed by atoms with Gasteiger partial charge in [0.2, 0.25) is 11.8 Å². The van der Waals surface area contributed by atoms with Gasteiger partial charge in [0, 0.05) is 32.0 Å². The van der Waals surface area contributed by atoms with Gasteiger partial charge in [-0.3, -0.25) is 14.4 Å². The molecule has 0 aliphatic carbocycles. The van der Waals surface area contributed by atoms with Crippen molar-refractivity contribution in [1.29, 1.82) is 0 Å². The maximum Gasteiger partial charge on any atom is 0.330 e. The number of hydrogen-bond acceptors (Lipinski definition) is 12. The molecule has 2 fully saturated rings. The van der Waals surface area contributed by atoms with Crippen molar-refractivity contribution in [3.05, 3.63) is 42.2 Å². The molecule has 2 N–H and O–H groups in total. The van der Waals surface area contributed by atoms with Gasteiger partial charge in [-0.25, -0.2) is 18.2 Å². The predicted octanol–water partition coefficient (Wildman–Crippen LogP) is 1.48. The molecule has 2 bridgehead atoms. The van der Waals surface area contributed by atoms with Gasteiger partial charge in [0.1, 0.15) is 35.9 Å². The molecule has 1 aromatic rings. The van der Waals surface area contributed by atoms with E-state index in [4.69, 9.17) is 13.9 Å². The summed E-state index contributed by atoms with van der Waals surface area (Å²) in [4.78, 5) is 60.5. The van der Waals surface area contributed by atoms with Crippen molar-refractivity contribution in [3.8, 4) is 0 Å². The van der Waals surface area contributed by atoms with Crippen molar-refractivity contribution in [3.63, 3.8) is 0 Å². The molecule has 4 heterocycles. The third-order valence-corrected chi connectivity index (χ3v) is 11.7. The molecule has 1 aromatic heterocycles. The van der Waals surface area contributed by atoms with Gasteiger partial charge in [0.25, 0.3) is 5.91 Å². The fourth-order valence-corrected chi connectivity index (χ4v) is 8.49. The second kappa shape index (κ2) is 16.1. The Hall–Kier alpha value is -3.40. The number of aliphatic hydroxyl groups is 1. The third kappa shape index (κ3) is 9.44. The first kappa shape index (κ1) is 38.4. The van der Waals surface area contributed by atoms with Gasteiger partial charge in [-0.15, -0.1) is 0 Å². The summed E-state index contributed by atoms with van der Waals surface area (Å²) in [7, 11) is -3.88. The van der Waals surface area contributed by atoms with Crippen LogP contribution in [0.25, 0.3) is 0 Å². The van der Waals surface area contributed by atoms with E-state index in [2.05, 4.69) is 10.3 Å². The topological polar surface area (TPSA) is 189 Å². The molecule has 14 nitrogen and oxygen atoms in total. The number of esters is 1. The van der Waals surface area contributed by atoms with Crippen LogP contribution in [-0.4, -0.2) is 126 Å². The van der Waals surface area contributed by atoms with E-state index in [9.17, 15) is 32.7 Å². The first-order valence-corrected chi connectivity index (χ1v) is 18.7. The number of hydrogen-bond donors (Lipinski definition) is 2. The smallest absolute Gasteiger partial charge is 0.330 e. The molecule has 272 valence electrons. The van der Waals surface area contributed by atoms with Crippen LogP contribution < -0.4 is 5.32 Å². The van der Waals surface area contributed by atoms with Crippen LogP contribution >= 0.6 is 0 Å². The number of fused-ring (bicyclic) bond motifs is 4. The lowest BCUT2D eigenvalue weighted by molar-refractivity contribution is -0.157. The number of aliphatic hydroxyl groups excluding tert-OH is 1. The van der Waals surface area contributed by atoms with E-state index in [1.807, 2.05) is 32.6 Å². The number of cyclic esters (lactones) is 1. The summed E-state index contributed by atoms with van der Waals surface area (Å²) in [6, 6.07) is -1.45. The molecule has 2 unspecified atom stereocenters. The molecule has 7 atom stereocenters. The summed E-state index contributed by atoms with van der Waals surface area (Å²) in [5.41, 5.74) is -0.990. The van der Waals surface area contributed by atoms with Gasteiger partial charge in [0.05, 0.1) is 23.5 Å². The number of carbonyl (C=O) groups is 4. The van der Waals surface area contributed by atoms with Crippen molar-refractivity contribution in [1.82, 2.24) is 20.1 Å². The van der Waals surface area contributed by atoms with Crippen molar-refractivity contribution < 1.29 is 46.6 Å². The summed E-state index contributed by atoms with van der Waals surface area (Å²) in [6.07, 6.45) is 4.46. The van der Waals surface area contributed by atoms with Crippen LogP contribution in [-0.2, 0) is 40.1 Å². The SMILES string of the molecule is CCN(CC)CCS(=O)(=O)[C@@H]1CCN2C(=O)c3coc(n3)CC(=O)C[C@H](O)C3OC3(C)/C=C/CNC(=O)/C=C/[C@@H](C)[C@@H](C(C)C)OC(=O)[C@@H]12. The zero-order valence-electron chi connectivity index (χ0n) is 29.2. The molecule has 0 aromatic carbocycles. The van der Waals surface area contributed by atoms with E-state index >= 15 is 0 Å². The molecule has 49 heavy (non-hydrogen) atoms. The average Bonchev–Trinajstić information content (AvgIpc) is 3.35. The van der Waals surface area contributed by atoms with Crippen LogP contribution in [0.15, 0.2) is 35.0 Å². The maximum atomic E-state index is 14.0. The molecule has 0 spiro atoms. The molecule has 3 aliphatic rings. The van der Waals surface area contributed by atoms with Crippen LogP contribution in [0.3, 0.4) is 0 Å². The molecule has 15 heteroatoms. The second-order valence-electron chi connectivity index (χ2n) is 13.5. The second-order valence-corrected chi connectivity index (χ2v) is 15.9. The maximum absolute atomic E-state index is 14.0. The molecular weight excluding hydrogens is 656 g/mol. The van der Waals surface area contributed by atoms with Gasteiger partial charge >= 0.3 is 5.97 Å². The number of epoxide rings is 1. The third-order valence-electron chi connectivity index (χ3n) is 9.51. The Kier molecular flexibility index (Phi) is 12.6. The summed E-state index contributed by atoms with van der Waals surface area (Å²) < 4.78 is 44.6. The zero-order chi connectivity index (χ0) is 36.1. The quantitative estimate of drug-likeness (QED) is 0.237. The fourth-order valence-electron chi connectivity index (χ4n) is 6.56. The number of Topliss-reactive ketones (excluding diaryl/α,β-unsaturated/α-hetero) is 1. The van der Waals surface area contributed by atoms with Gasteiger partial charge in [-0.2, -0.15) is 0 Å². The number of nitrogens with zero attached hydrogens (tertiary/aromatic N) is 3. The van der Waals surface area contributed by atoms with Crippen LogP contribution in [0.4, 0.5) is 0 Å². The number of oxazole rings is 1. The first-order chi connectivity index (χ1) is 23.1. The molecular formula is C34H50N4O10S. The number of nitrogens with one attached hydrogen (secondary N) is 1. The number of ether oxygens (including phenoxy) is 2. The summed E-state index contributed by atoms with van der Waals surface area (Å²) in [5.74, 6) is -3.29. The highest BCUT2D eigenvalue weighted by Crippen LogP contribution is 2.40. The number of rotatable bonds is 7. The highest BCUT2D eigenvalue weighted by atomic mass is 32.2. The summed E-state index contributed by atoms with van der Waals surface area (Å²) in [5, 5.41) is 12.2. The first-order valence-electron chi connectivity index (χ1n) is 17.0. The average molecular weight is 707 g/mol. The fraction of sp³-hybridized carbons (Fsp3) is 0.676. The zero-order valence-corrected chi connectivity index (χ0v) is 30.0. The largest absolute Gasteiger partial charge is 0.460 e. The number of aromatic nitrogens is 1. The predicted molar refractivity (Wildman–Crippen MR) is 179 cm³/mol. The lowest BCUT2D eigenvalue weighted by atomic mass is 9.94. The Labute approximate surface area is 288 Å². The minimum atomic E-state index is -3.88. The van der Waals surface area contributed by atoms with E-state index in [0.29, 0.717) is 13.1 Å². The molecule has 2 amide bonds. The lowest BCUT2D eigenvalue weighted by Gasteiger charge is -2.31.